The Labute approximate surface area is 147 Å². The van der Waals surface area contributed by atoms with E-state index in [1.54, 1.807) is 11.9 Å². The van der Waals surface area contributed by atoms with Gasteiger partial charge in [-0.3, -0.25) is 4.79 Å². The number of carbonyl (C=O) groups excluding carboxylic acids is 1. The van der Waals surface area contributed by atoms with Gasteiger partial charge in [0.1, 0.15) is 11.1 Å². The van der Waals surface area contributed by atoms with Gasteiger partial charge in [0, 0.05) is 12.7 Å². The van der Waals surface area contributed by atoms with Gasteiger partial charge < -0.3 is 4.90 Å². The third-order valence-electron chi connectivity index (χ3n) is 4.01. The van der Waals surface area contributed by atoms with Gasteiger partial charge >= 0.3 is 0 Å². The Kier molecular flexibility index (Phi) is 5.99. The van der Waals surface area contributed by atoms with Gasteiger partial charge in [-0.25, -0.2) is 4.98 Å². The molecular formula is C19H21N3OS. The summed E-state index contributed by atoms with van der Waals surface area (Å²) >= 11 is 1.32. The number of benzene rings is 1. The average molecular weight is 339 g/mol. The number of hydrogen-bond acceptors (Lipinski definition) is 4. The lowest BCUT2D eigenvalue weighted by Crippen LogP contribution is -2.31. The van der Waals surface area contributed by atoms with Crippen molar-refractivity contribution in [3.63, 3.8) is 0 Å². The van der Waals surface area contributed by atoms with Gasteiger partial charge in [0.05, 0.1) is 17.4 Å². The van der Waals surface area contributed by atoms with Gasteiger partial charge in [0.25, 0.3) is 0 Å². The molecule has 0 bridgehead atoms. The molecule has 0 aliphatic heterocycles. The van der Waals surface area contributed by atoms with Crippen molar-refractivity contribution >= 4 is 17.7 Å². The fourth-order valence-electron chi connectivity index (χ4n) is 2.45. The fourth-order valence-corrected chi connectivity index (χ4v) is 3.47. The van der Waals surface area contributed by atoms with Gasteiger partial charge in [-0.05, 0) is 38.0 Å². The Morgan fingerprint density at radius 1 is 1.33 bits per heavy atom. The van der Waals surface area contributed by atoms with Gasteiger partial charge in [0.2, 0.25) is 5.91 Å². The molecule has 24 heavy (non-hydrogen) atoms. The minimum atomic E-state index is 0.00180. The number of amides is 1. The third-order valence-corrected chi connectivity index (χ3v) is 4.97. The first-order valence-electron chi connectivity index (χ1n) is 7.75. The zero-order valence-electron chi connectivity index (χ0n) is 14.4. The quantitative estimate of drug-likeness (QED) is 0.776. The second kappa shape index (κ2) is 7.98. The highest BCUT2D eigenvalue weighted by Crippen LogP contribution is 2.25. The van der Waals surface area contributed by atoms with Crippen LogP contribution in [0.25, 0.3) is 0 Å². The van der Waals surface area contributed by atoms with E-state index in [9.17, 15) is 10.1 Å². The van der Waals surface area contributed by atoms with Gasteiger partial charge in [0.15, 0.2) is 0 Å². The number of aryl methyl sites for hydroxylation is 2. The molecule has 1 aromatic carbocycles. The number of nitriles is 1. The summed E-state index contributed by atoms with van der Waals surface area (Å²) in [5.74, 6) is 0.277. The molecule has 0 saturated carbocycles. The number of hydrogen-bond donors (Lipinski definition) is 0. The maximum Gasteiger partial charge on any atom is 0.233 e. The van der Waals surface area contributed by atoms with E-state index in [1.807, 2.05) is 57.2 Å². The standard InChI is InChI=1S/C19H21N3OS/c1-13-10-14(2)21-19(17(13)11-20)24-12-18(23)22(4)15(3)16-8-6-5-7-9-16/h5-10,15H,12H2,1-4H3. The molecule has 0 radical (unpaired) electrons. The maximum atomic E-state index is 12.5. The summed E-state index contributed by atoms with van der Waals surface area (Å²) in [4.78, 5) is 18.6. The van der Waals surface area contributed by atoms with Crippen LogP contribution in [0.15, 0.2) is 41.4 Å². The second-order valence-electron chi connectivity index (χ2n) is 5.75. The first kappa shape index (κ1) is 18.0. The molecule has 5 heteroatoms. The molecule has 4 nitrogen and oxygen atoms in total. The SMILES string of the molecule is Cc1cc(C)c(C#N)c(SCC(=O)N(C)C(C)c2ccccc2)n1. The molecule has 2 rings (SSSR count). The van der Waals surface area contributed by atoms with Crippen molar-refractivity contribution in [3.8, 4) is 6.07 Å². The van der Waals surface area contributed by atoms with Crippen LogP contribution in [0.2, 0.25) is 0 Å². The lowest BCUT2D eigenvalue weighted by Gasteiger charge is -2.25. The van der Waals surface area contributed by atoms with Crippen molar-refractivity contribution < 1.29 is 4.79 Å². The predicted molar refractivity (Wildman–Crippen MR) is 96.8 cm³/mol. The van der Waals surface area contributed by atoms with E-state index in [0.29, 0.717) is 10.6 Å². The lowest BCUT2D eigenvalue weighted by molar-refractivity contribution is -0.128. The van der Waals surface area contributed by atoms with Crippen molar-refractivity contribution in [2.45, 2.75) is 31.8 Å². The Balaban J connectivity index is 2.07. The van der Waals surface area contributed by atoms with E-state index >= 15 is 0 Å². The molecule has 0 aliphatic carbocycles. The average Bonchev–Trinajstić information content (AvgIpc) is 2.58. The Hall–Kier alpha value is -2.32. The highest BCUT2D eigenvalue weighted by atomic mass is 32.2. The van der Waals surface area contributed by atoms with Crippen LogP contribution in [-0.2, 0) is 4.79 Å². The molecule has 0 saturated heterocycles. The van der Waals surface area contributed by atoms with Crippen LogP contribution >= 0.6 is 11.8 Å². The van der Waals surface area contributed by atoms with Crippen molar-refractivity contribution in [1.29, 1.82) is 5.26 Å². The van der Waals surface area contributed by atoms with E-state index in [-0.39, 0.29) is 17.7 Å². The Morgan fingerprint density at radius 2 is 2.00 bits per heavy atom. The number of rotatable bonds is 5. The van der Waals surface area contributed by atoms with Crippen LogP contribution in [-0.4, -0.2) is 28.6 Å². The summed E-state index contributed by atoms with van der Waals surface area (Å²) in [7, 11) is 1.81. The Morgan fingerprint density at radius 3 is 2.62 bits per heavy atom. The van der Waals surface area contributed by atoms with E-state index < -0.39 is 0 Å². The molecule has 1 unspecified atom stereocenters. The monoisotopic (exact) mass is 339 g/mol. The smallest absolute Gasteiger partial charge is 0.233 e. The number of pyridine rings is 1. The molecule has 1 heterocycles. The molecule has 2 aromatic rings. The van der Waals surface area contributed by atoms with E-state index in [0.717, 1.165) is 16.8 Å². The molecule has 0 N–H and O–H groups in total. The van der Waals surface area contributed by atoms with Crippen LogP contribution in [0.1, 0.15) is 35.3 Å². The summed E-state index contributed by atoms with van der Waals surface area (Å²) in [5, 5.41) is 9.93. The fraction of sp³-hybridized carbons (Fsp3) is 0.316. The van der Waals surface area contributed by atoms with E-state index in [4.69, 9.17) is 0 Å². The van der Waals surface area contributed by atoms with Crippen LogP contribution < -0.4 is 0 Å². The highest BCUT2D eigenvalue weighted by Gasteiger charge is 2.18. The molecule has 124 valence electrons. The first-order chi connectivity index (χ1) is 11.4. The molecule has 1 atom stereocenters. The minimum Gasteiger partial charge on any atom is -0.338 e. The molecule has 0 fully saturated rings. The van der Waals surface area contributed by atoms with E-state index in [2.05, 4.69) is 11.1 Å². The van der Waals surface area contributed by atoms with Gasteiger partial charge in [-0.1, -0.05) is 42.1 Å². The Bertz CT molecular complexity index is 768. The molecule has 0 spiro atoms. The number of thioether (sulfide) groups is 1. The number of carbonyl (C=O) groups is 1. The minimum absolute atomic E-state index is 0.00180. The van der Waals surface area contributed by atoms with Crippen molar-refractivity contribution in [3.05, 3.63) is 58.8 Å². The lowest BCUT2D eigenvalue weighted by atomic mass is 10.1. The first-order valence-corrected chi connectivity index (χ1v) is 8.74. The van der Waals surface area contributed by atoms with Gasteiger partial charge in [-0.15, -0.1) is 0 Å². The summed E-state index contributed by atoms with van der Waals surface area (Å²) in [6, 6.07) is 14.0. The third kappa shape index (κ3) is 4.15. The van der Waals surface area contributed by atoms with Crippen LogP contribution in [0.3, 0.4) is 0 Å². The largest absolute Gasteiger partial charge is 0.338 e. The summed E-state index contributed by atoms with van der Waals surface area (Å²) in [5.41, 5.74) is 3.40. The number of aromatic nitrogens is 1. The second-order valence-corrected chi connectivity index (χ2v) is 6.72. The topological polar surface area (TPSA) is 57.0 Å². The van der Waals surface area contributed by atoms with Gasteiger partial charge in [-0.2, -0.15) is 5.26 Å². The van der Waals surface area contributed by atoms with E-state index in [1.165, 1.54) is 11.8 Å². The maximum absolute atomic E-state index is 12.5. The van der Waals surface area contributed by atoms with Crippen molar-refractivity contribution in [2.24, 2.45) is 0 Å². The zero-order chi connectivity index (χ0) is 17.7. The molecule has 1 amide bonds. The summed E-state index contributed by atoms with van der Waals surface area (Å²) < 4.78 is 0. The zero-order valence-corrected chi connectivity index (χ0v) is 15.2. The summed E-state index contributed by atoms with van der Waals surface area (Å²) in [6.07, 6.45) is 0. The normalized spacial score (nSPS) is 11.6. The molecule has 0 aliphatic rings. The summed E-state index contributed by atoms with van der Waals surface area (Å²) in [6.45, 7) is 5.79. The van der Waals surface area contributed by atoms with Crippen LogP contribution in [0.5, 0.6) is 0 Å². The van der Waals surface area contributed by atoms with Crippen LogP contribution in [0, 0.1) is 25.2 Å². The molecular weight excluding hydrogens is 318 g/mol. The molecule has 1 aromatic heterocycles. The highest BCUT2D eigenvalue weighted by molar-refractivity contribution is 8.00. The van der Waals surface area contributed by atoms with Crippen molar-refractivity contribution in [1.82, 2.24) is 9.88 Å². The van der Waals surface area contributed by atoms with Crippen LogP contribution in [0.4, 0.5) is 0 Å². The number of nitrogens with zero attached hydrogens (tertiary/aromatic N) is 3. The van der Waals surface area contributed by atoms with Crippen molar-refractivity contribution in [2.75, 3.05) is 12.8 Å². The predicted octanol–water partition coefficient (Wildman–Crippen LogP) is 3.88.